The second-order valence-corrected chi connectivity index (χ2v) is 4.33. The van der Waals surface area contributed by atoms with Crippen molar-refractivity contribution in [1.82, 2.24) is 5.32 Å². The molecule has 112 valence electrons. The number of hydrogen-bond donors (Lipinski definition) is 2. The van der Waals surface area contributed by atoms with E-state index in [2.05, 4.69) is 12.2 Å². The van der Waals surface area contributed by atoms with Crippen molar-refractivity contribution < 1.29 is 23.8 Å². The summed E-state index contributed by atoms with van der Waals surface area (Å²) < 4.78 is 10.6. The lowest BCUT2D eigenvalue weighted by molar-refractivity contribution is 0.0694. The Balaban J connectivity index is 2.45. The van der Waals surface area contributed by atoms with Crippen LogP contribution in [0.1, 0.15) is 53.4 Å². The third kappa shape index (κ3) is 4.70. The van der Waals surface area contributed by atoms with E-state index in [1.54, 1.807) is 6.92 Å². The Morgan fingerprint density at radius 3 is 2.65 bits per heavy atom. The number of ether oxygens (including phenoxy) is 1. The topological polar surface area (TPSA) is 88.8 Å². The van der Waals surface area contributed by atoms with E-state index in [1.807, 2.05) is 0 Å². The molecule has 1 heterocycles. The van der Waals surface area contributed by atoms with Crippen LogP contribution in [-0.4, -0.2) is 36.7 Å². The first-order valence-corrected chi connectivity index (χ1v) is 6.82. The van der Waals surface area contributed by atoms with Crippen LogP contribution in [0.5, 0.6) is 0 Å². The fourth-order valence-corrected chi connectivity index (χ4v) is 1.66. The van der Waals surface area contributed by atoms with Crippen LogP contribution in [0.3, 0.4) is 0 Å². The Morgan fingerprint density at radius 1 is 1.35 bits per heavy atom. The molecular weight excluding hydrogens is 262 g/mol. The molecule has 20 heavy (non-hydrogen) atoms. The van der Waals surface area contributed by atoms with Gasteiger partial charge in [0.15, 0.2) is 5.76 Å². The van der Waals surface area contributed by atoms with E-state index < -0.39 is 11.9 Å². The second kappa shape index (κ2) is 8.37. The highest BCUT2D eigenvalue weighted by Crippen LogP contribution is 2.16. The second-order valence-electron chi connectivity index (χ2n) is 4.33. The van der Waals surface area contributed by atoms with Crippen molar-refractivity contribution >= 4 is 11.9 Å². The molecule has 0 aromatic carbocycles. The molecule has 0 atom stereocenters. The molecule has 0 radical (unpaired) electrons. The molecule has 0 spiro atoms. The largest absolute Gasteiger partial charge is 0.478 e. The zero-order chi connectivity index (χ0) is 15.0. The van der Waals surface area contributed by atoms with Gasteiger partial charge in [0, 0.05) is 25.6 Å². The number of rotatable bonds is 9. The molecule has 0 unspecified atom stereocenters. The number of hydrogen-bond acceptors (Lipinski definition) is 4. The van der Waals surface area contributed by atoms with Gasteiger partial charge in [-0.2, -0.15) is 0 Å². The van der Waals surface area contributed by atoms with Crippen LogP contribution in [0.25, 0.3) is 0 Å². The van der Waals surface area contributed by atoms with Crippen molar-refractivity contribution in [2.75, 3.05) is 19.8 Å². The maximum Gasteiger partial charge on any atom is 0.339 e. The average Bonchev–Trinajstić information content (AvgIpc) is 2.87. The number of unbranched alkanes of at least 4 members (excludes halogenated alkanes) is 1. The maximum atomic E-state index is 11.8. The van der Waals surface area contributed by atoms with Crippen LogP contribution in [0, 0.1) is 0 Å². The molecule has 1 amide bonds. The van der Waals surface area contributed by atoms with Gasteiger partial charge in [-0.15, -0.1) is 0 Å². The molecule has 0 bridgehead atoms. The van der Waals surface area contributed by atoms with Crippen molar-refractivity contribution in [3.63, 3.8) is 0 Å². The van der Waals surface area contributed by atoms with Crippen LogP contribution in [-0.2, 0) is 11.2 Å². The average molecular weight is 283 g/mol. The minimum absolute atomic E-state index is 0.0211. The smallest absolute Gasteiger partial charge is 0.339 e. The van der Waals surface area contributed by atoms with E-state index in [4.69, 9.17) is 14.3 Å². The minimum atomic E-state index is -1.09. The van der Waals surface area contributed by atoms with Gasteiger partial charge in [-0.05, 0) is 6.42 Å². The molecule has 0 aliphatic rings. The minimum Gasteiger partial charge on any atom is -0.478 e. The summed E-state index contributed by atoms with van der Waals surface area (Å²) >= 11 is 0. The summed E-state index contributed by atoms with van der Waals surface area (Å²) in [6.07, 6.45) is 2.49. The molecule has 1 aromatic rings. The molecule has 0 saturated heterocycles. The normalized spacial score (nSPS) is 10.5. The lowest BCUT2D eigenvalue weighted by atomic mass is 10.2. The van der Waals surface area contributed by atoms with Crippen molar-refractivity contribution in [3.8, 4) is 0 Å². The molecule has 6 nitrogen and oxygen atoms in total. The Morgan fingerprint density at radius 2 is 2.10 bits per heavy atom. The number of carboxylic acid groups (broad SMARTS) is 1. The predicted octanol–water partition coefficient (Wildman–Crippen LogP) is 2.09. The standard InChI is InChI=1S/C14H21NO5/c1-3-5-7-19-8-6-15-13(16)12-9-10(14(17)18)11(4-2)20-12/h9H,3-8H2,1-2H3,(H,15,16)(H,17,18). The van der Waals surface area contributed by atoms with E-state index in [1.165, 1.54) is 6.07 Å². The predicted molar refractivity (Wildman–Crippen MR) is 73.1 cm³/mol. The van der Waals surface area contributed by atoms with E-state index in [0.717, 1.165) is 12.8 Å². The zero-order valence-electron chi connectivity index (χ0n) is 11.9. The summed E-state index contributed by atoms with van der Waals surface area (Å²) in [4.78, 5) is 22.7. The van der Waals surface area contributed by atoms with E-state index in [0.29, 0.717) is 31.9 Å². The lowest BCUT2D eigenvalue weighted by Gasteiger charge is -2.04. The highest BCUT2D eigenvalue weighted by molar-refractivity contribution is 5.96. The van der Waals surface area contributed by atoms with E-state index >= 15 is 0 Å². The van der Waals surface area contributed by atoms with Crippen molar-refractivity contribution in [3.05, 3.63) is 23.2 Å². The lowest BCUT2D eigenvalue weighted by Crippen LogP contribution is -2.27. The van der Waals surface area contributed by atoms with Crippen LogP contribution in [0.15, 0.2) is 10.5 Å². The van der Waals surface area contributed by atoms with Crippen molar-refractivity contribution in [1.29, 1.82) is 0 Å². The first kappa shape index (κ1) is 16.2. The number of aryl methyl sites for hydroxylation is 1. The summed E-state index contributed by atoms with van der Waals surface area (Å²) in [7, 11) is 0. The number of carboxylic acids is 1. The zero-order valence-corrected chi connectivity index (χ0v) is 11.9. The van der Waals surface area contributed by atoms with Crippen molar-refractivity contribution in [2.24, 2.45) is 0 Å². The SMILES string of the molecule is CCCCOCCNC(=O)c1cc(C(=O)O)c(CC)o1. The first-order chi connectivity index (χ1) is 9.60. The van der Waals surface area contributed by atoms with Gasteiger partial charge in [0.2, 0.25) is 0 Å². The summed E-state index contributed by atoms with van der Waals surface area (Å²) in [5.41, 5.74) is 0.0387. The Hall–Kier alpha value is -1.82. The molecule has 2 N–H and O–H groups in total. The van der Waals surface area contributed by atoms with Crippen LogP contribution in [0.2, 0.25) is 0 Å². The number of carbonyl (C=O) groups excluding carboxylic acids is 1. The van der Waals surface area contributed by atoms with E-state index in [9.17, 15) is 9.59 Å². The van der Waals surface area contributed by atoms with Gasteiger partial charge in [-0.3, -0.25) is 4.79 Å². The first-order valence-electron chi connectivity index (χ1n) is 6.82. The summed E-state index contributed by atoms with van der Waals surface area (Å²) in [6.45, 7) is 5.32. The van der Waals surface area contributed by atoms with Crippen LogP contribution in [0.4, 0.5) is 0 Å². The molecule has 0 saturated carbocycles. The maximum absolute atomic E-state index is 11.8. The monoisotopic (exact) mass is 283 g/mol. The van der Waals surface area contributed by atoms with E-state index in [-0.39, 0.29) is 11.3 Å². The fraction of sp³-hybridized carbons (Fsp3) is 0.571. The van der Waals surface area contributed by atoms with Crippen molar-refractivity contribution in [2.45, 2.75) is 33.1 Å². The van der Waals surface area contributed by atoms with Gasteiger partial charge in [-0.1, -0.05) is 20.3 Å². The molecular formula is C14H21NO5. The summed E-state index contributed by atoms with van der Waals surface area (Å²) in [5, 5.41) is 11.6. The Kier molecular flexibility index (Phi) is 6.79. The molecule has 1 rings (SSSR count). The Labute approximate surface area is 118 Å². The van der Waals surface area contributed by atoms with Crippen LogP contribution >= 0.6 is 0 Å². The highest BCUT2D eigenvalue weighted by Gasteiger charge is 2.19. The number of nitrogens with one attached hydrogen (secondary N) is 1. The molecule has 0 aliphatic carbocycles. The van der Waals surface area contributed by atoms with Gasteiger partial charge >= 0.3 is 5.97 Å². The summed E-state index contributed by atoms with van der Waals surface area (Å²) in [6, 6.07) is 1.26. The third-order valence-corrected chi connectivity index (χ3v) is 2.76. The Bertz CT molecular complexity index is 452. The van der Waals surface area contributed by atoms with Gasteiger partial charge < -0.3 is 19.6 Å². The van der Waals surface area contributed by atoms with Gasteiger partial charge in [0.25, 0.3) is 5.91 Å². The number of amides is 1. The summed E-state index contributed by atoms with van der Waals surface area (Å²) in [5.74, 6) is -1.19. The third-order valence-electron chi connectivity index (χ3n) is 2.76. The quantitative estimate of drug-likeness (QED) is 0.677. The van der Waals surface area contributed by atoms with Gasteiger partial charge in [-0.25, -0.2) is 4.79 Å². The molecule has 0 fully saturated rings. The number of aromatic carboxylic acids is 1. The van der Waals surface area contributed by atoms with Gasteiger partial charge in [0.1, 0.15) is 11.3 Å². The highest BCUT2D eigenvalue weighted by atomic mass is 16.5. The molecule has 1 aromatic heterocycles. The van der Waals surface area contributed by atoms with Gasteiger partial charge in [0.05, 0.1) is 6.61 Å². The number of carbonyl (C=O) groups is 2. The molecule has 0 aliphatic heterocycles. The molecule has 6 heteroatoms. The fourth-order valence-electron chi connectivity index (χ4n) is 1.66. The number of furan rings is 1. The van der Waals surface area contributed by atoms with Crippen LogP contribution < -0.4 is 5.32 Å².